The Bertz CT molecular complexity index is 643. The van der Waals surface area contributed by atoms with Crippen LogP contribution in [0.5, 0.6) is 0 Å². The van der Waals surface area contributed by atoms with Gasteiger partial charge in [0.05, 0.1) is 17.3 Å². The van der Waals surface area contributed by atoms with E-state index in [9.17, 15) is 4.79 Å². The van der Waals surface area contributed by atoms with E-state index in [4.69, 9.17) is 11.6 Å². The lowest BCUT2D eigenvalue weighted by molar-refractivity contribution is -0.130. The number of rotatable bonds is 3. The van der Waals surface area contributed by atoms with Crippen molar-refractivity contribution in [3.05, 3.63) is 29.3 Å². The Hall–Kier alpha value is -1.22. The normalized spacial score (nSPS) is 18.1. The second-order valence-electron chi connectivity index (χ2n) is 6.77. The molecule has 0 bridgehead atoms. The molecule has 1 aromatic rings. The topological polar surface area (TPSA) is 51.2 Å². The van der Waals surface area contributed by atoms with Gasteiger partial charge in [0.2, 0.25) is 5.91 Å². The molecule has 1 amide bonds. The number of benzene rings is 1. The van der Waals surface area contributed by atoms with E-state index in [1.165, 1.54) is 6.42 Å². The Balaban J connectivity index is 0.00000261. The molecule has 150 valence electrons. The molecular weight excluding hydrogens is 477 g/mol. The first-order valence-electron chi connectivity index (χ1n) is 9.42. The Morgan fingerprint density at radius 1 is 1.04 bits per heavy atom. The van der Waals surface area contributed by atoms with Crippen molar-refractivity contribution < 1.29 is 4.79 Å². The lowest BCUT2D eigenvalue weighted by Crippen LogP contribution is -2.54. The van der Waals surface area contributed by atoms with Gasteiger partial charge in [0.15, 0.2) is 5.96 Å². The summed E-state index contributed by atoms with van der Waals surface area (Å²) in [4.78, 5) is 23.2. The summed E-state index contributed by atoms with van der Waals surface area (Å²) in [6, 6.07) is 7.95. The minimum atomic E-state index is 0. The SMILES string of the molecule is CN=C(NCC(=O)N1CCCCC1)N1CCN(c2ccccc2Cl)CC1.I. The zero-order chi connectivity index (χ0) is 18.4. The van der Waals surface area contributed by atoms with Crippen molar-refractivity contribution in [1.29, 1.82) is 0 Å². The van der Waals surface area contributed by atoms with Crippen molar-refractivity contribution in [2.75, 3.05) is 57.8 Å². The molecule has 0 saturated carbocycles. The van der Waals surface area contributed by atoms with E-state index in [1.807, 2.05) is 23.1 Å². The number of para-hydroxylation sites is 1. The zero-order valence-electron chi connectivity index (χ0n) is 15.9. The van der Waals surface area contributed by atoms with Gasteiger partial charge in [0.25, 0.3) is 0 Å². The summed E-state index contributed by atoms with van der Waals surface area (Å²) in [6.45, 7) is 5.54. The molecule has 0 spiro atoms. The minimum absolute atomic E-state index is 0. The first-order valence-corrected chi connectivity index (χ1v) is 9.79. The van der Waals surface area contributed by atoms with Gasteiger partial charge < -0.3 is 20.0 Å². The number of aliphatic imine (C=N–C) groups is 1. The van der Waals surface area contributed by atoms with E-state index >= 15 is 0 Å². The third-order valence-electron chi connectivity index (χ3n) is 5.09. The van der Waals surface area contributed by atoms with Crippen LogP contribution in [0.15, 0.2) is 29.3 Å². The number of nitrogens with zero attached hydrogens (tertiary/aromatic N) is 4. The summed E-state index contributed by atoms with van der Waals surface area (Å²) in [5, 5.41) is 4.03. The summed E-state index contributed by atoms with van der Waals surface area (Å²) in [7, 11) is 1.77. The van der Waals surface area contributed by atoms with Crippen LogP contribution >= 0.6 is 35.6 Å². The summed E-state index contributed by atoms with van der Waals surface area (Å²) >= 11 is 6.31. The average molecular weight is 506 g/mol. The van der Waals surface area contributed by atoms with Gasteiger partial charge in [-0.05, 0) is 31.4 Å². The van der Waals surface area contributed by atoms with Crippen LogP contribution in [0.1, 0.15) is 19.3 Å². The van der Waals surface area contributed by atoms with E-state index < -0.39 is 0 Å². The van der Waals surface area contributed by atoms with Gasteiger partial charge in [-0.15, -0.1) is 24.0 Å². The lowest BCUT2D eigenvalue weighted by Gasteiger charge is -2.38. The van der Waals surface area contributed by atoms with Crippen molar-refractivity contribution in [1.82, 2.24) is 15.1 Å². The number of guanidine groups is 1. The number of halogens is 2. The van der Waals surface area contributed by atoms with Crippen molar-refractivity contribution >= 4 is 53.1 Å². The molecule has 0 aliphatic carbocycles. The average Bonchev–Trinajstić information content (AvgIpc) is 2.70. The van der Waals surface area contributed by atoms with Crippen LogP contribution in [-0.4, -0.2) is 74.5 Å². The molecule has 8 heteroatoms. The maximum absolute atomic E-state index is 12.3. The summed E-state index contributed by atoms with van der Waals surface area (Å²) in [5.41, 5.74) is 1.08. The summed E-state index contributed by atoms with van der Waals surface area (Å²) < 4.78 is 0. The van der Waals surface area contributed by atoms with Gasteiger partial charge in [-0.1, -0.05) is 23.7 Å². The van der Waals surface area contributed by atoms with Crippen LogP contribution < -0.4 is 10.2 Å². The number of piperidine rings is 1. The van der Waals surface area contributed by atoms with Crippen LogP contribution in [-0.2, 0) is 4.79 Å². The number of carbonyl (C=O) groups excluding carboxylic acids is 1. The fraction of sp³-hybridized carbons (Fsp3) is 0.579. The van der Waals surface area contributed by atoms with Crippen molar-refractivity contribution in [2.24, 2.45) is 4.99 Å². The number of piperazine rings is 1. The molecule has 0 aromatic heterocycles. The molecule has 2 aliphatic heterocycles. The molecule has 27 heavy (non-hydrogen) atoms. The maximum Gasteiger partial charge on any atom is 0.241 e. The van der Waals surface area contributed by atoms with Crippen molar-refractivity contribution in [3.63, 3.8) is 0 Å². The fourth-order valence-electron chi connectivity index (χ4n) is 3.61. The molecule has 2 heterocycles. The predicted octanol–water partition coefficient (Wildman–Crippen LogP) is 2.67. The standard InChI is InChI=1S/C19H28ClN5O.HI/c1-21-19(22-15-18(26)24-9-5-2-6-10-24)25-13-11-23(12-14-25)17-8-4-3-7-16(17)20;/h3-4,7-8H,2,5-6,9-15H2,1H3,(H,21,22);1H. The quantitative estimate of drug-likeness (QED) is 0.390. The number of carbonyl (C=O) groups is 1. The Labute approximate surface area is 183 Å². The predicted molar refractivity (Wildman–Crippen MR) is 122 cm³/mol. The van der Waals surface area contributed by atoms with Crippen LogP contribution in [0, 0.1) is 0 Å². The van der Waals surface area contributed by atoms with Crippen molar-refractivity contribution in [3.8, 4) is 0 Å². The number of nitrogens with one attached hydrogen (secondary N) is 1. The highest BCUT2D eigenvalue weighted by molar-refractivity contribution is 14.0. The van der Waals surface area contributed by atoms with Crippen molar-refractivity contribution in [2.45, 2.75) is 19.3 Å². The zero-order valence-corrected chi connectivity index (χ0v) is 19.0. The maximum atomic E-state index is 12.3. The highest BCUT2D eigenvalue weighted by Gasteiger charge is 2.22. The number of likely N-dealkylation sites (tertiary alicyclic amines) is 1. The molecule has 1 aromatic carbocycles. The summed E-state index contributed by atoms with van der Waals surface area (Å²) in [6.07, 6.45) is 3.46. The van der Waals surface area contributed by atoms with Crippen LogP contribution in [0.3, 0.4) is 0 Å². The molecule has 2 fully saturated rings. The second-order valence-corrected chi connectivity index (χ2v) is 7.17. The van der Waals surface area contributed by atoms with E-state index in [0.717, 1.165) is 68.8 Å². The van der Waals surface area contributed by atoms with E-state index in [2.05, 4.69) is 26.2 Å². The fourth-order valence-corrected chi connectivity index (χ4v) is 3.86. The first kappa shape index (κ1) is 22.1. The van der Waals surface area contributed by atoms with Crippen LogP contribution in [0.4, 0.5) is 5.69 Å². The second kappa shape index (κ2) is 10.9. The molecule has 0 atom stereocenters. The Kier molecular flexibility index (Phi) is 8.95. The molecule has 0 radical (unpaired) electrons. The van der Waals surface area contributed by atoms with Crippen LogP contribution in [0.25, 0.3) is 0 Å². The molecule has 6 nitrogen and oxygen atoms in total. The van der Waals surface area contributed by atoms with E-state index in [0.29, 0.717) is 6.54 Å². The van der Waals surface area contributed by atoms with Crippen LogP contribution in [0.2, 0.25) is 5.02 Å². The van der Waals surface area contributed by atoms with E-state index in [1.54, 1.807) is 7.05 Å². The largest absolute Gasteiger partial charge is 0.367 e. The highest BCUT2D eigenvalue weighted by atomic mass is 127. The van der Waals surface area contributed by atoms with Gasteiger partial charge >= 0.3 is 0 Å². The van der Waals surface area contributed by atoms with E-state index in [-0.39, 0.29) is 29.9 Å². The molecular formula is C19H29ClIN5O. The third-order valence-corrected chi connectivity index (χ3v) is 5.41. The van der Waals surface area contributed by atoms with Gasteiger partial charge in [-0.25, -0.2) is 0 Å². The van der Waals surface area contributed by atoms with Gasteiger partial charge in [-0.2, -0.15) is 0 Å². The number of hydrogen-bond donors (Lipinski definition) is 1. The molecule has 3 rings (SSSR count). The molecule has 1 N–H and O–H groups in total. The molecule has 2 saturated heterocycles. The molecule has 0 unspecified atom stereocenters. The monoisotopic (exact) mass is 505 g/mol. The Morgan fingerprint density at radius 3 is 2.33 bits per heavy atom. The molecule has 2 aliphatic rings. The van der Waals surface area contributed by atoms with Gasteiger partial charge in [0.1, 0.15) is 0 Å². The Morgan fingerprint density at radius 2 is 1.70 bits per heavy atom. The number of amides is 1. The first-order chi connectivity index (χ1) is 12.7. The van der Waals surface area contributed by atoms with Gasteiger partial charge in [0, 0.05) is 46.3 Å². The number of hydrogen-bond acceptors (Lipinski definition) is 3. The van der Waals surface area contributed by atoms with Gasteiger partial charge in [-0.3, -0.25) is 9.79 Å². The minimum Gasteiger partial charge on any atom is -0.367 e. The third kappa shape index (κ3) is 5.88. The smallest absolute Gasteiger partial charge is 0.241 e. The highest BCUT2D eigenvalue weighted by Crippen LogP contribution is 2.26. The number of anilines is 1. The lowest BCUT2D eigenvalue weighted by atomic mass is 10.1. The summed E-state index contributed by atoms with van der Waals surface area (Å²) in [5.74, 6) is 0.967.